The number of morpholine rings is 1. The minimum atomic E-state index is -0.879. The van der Waals surface area contributed by atoms with E-state index in [2.05, 4.69) is 45.4 Å². The zero-order valence-electron chi connectivity index (χ0n) is 27.4. The van der Waals surface area contributed by atoms with Crippen molar-refractivity contribution in [3.63, 3.8) is 0 Å². The fraction of sp³-hybridized carbons (Fsp3) is 0.429. The molecule has 48 heavy (non-hydrogen) atoms. The number of halogens is 1. The summed E-state index contributed by atoms with van der Waals surface area (Å²) in [4.78, 5) is 35.9. The van der Waals surface area contributed by atoms with Crippen molar-refractivity contribution in [2.45, 2.75) is 64.2 Å². The van der Waals surface area contributed by atoms with Crippen LogP contribution >= 0.6 is 12.4 Å². The van der Waals surface area contributed by atoms with Gasteiger partial charge in [0.15, 0.2) is 0 Å². The molecule has 13 heteroatoms. The fourth-order valence-corrected chi connectivity index (χ4v) is 6.84. The van der Waals surface area contributed by atoms with E-state index in [0.717, 1.165) is 66.8 Å². The summed E-state index contributed by atoms with van der Waals surface area (Å²) in [6.07, 6.45) is 5.72. The maximum absolute atomic E-state index is 14.2. The highest BCUT2D eigenvalue weighted by atomic mass is 35.5. The Morgan fingerprint density at radius 3 is 2.15 bits per heavy atom. The first kappa shape index (κ1) is 34.9. The van der Waals surface area contributed by atoms with Gasteiger partial charge in [0.05, 0.1) is 12.2 Å². The van der Waals surface area contributed by atoms with Gasteiger partial charge in [-0.25, -0.2) is 4.98 Å². The number of tetrazole rings is 1. The first-order valence-electron chi connectivity index (χ1n) is 16.4. The van der Waals surface area contributed by atoms with E-state index in [1.165, 1.54) is 0 Å². The number of aromatic nitrogens is 5. The number of H-pyrrole nitrogens is 1. The Kier molecular flexibility index (Phi) is 11.4. The second-order valence-electron chi connectivity index (χ2n) is 12.8. The van der Waals surface area contributed by atoms with Crippen LogP contribution in [0.4, 0.5) is 11.5 Å². The van der Waals surface area contributed by atoms with Gasteiger partial charge in [0.2, 0.25) is 17.6 Å². The van der Waals surface area contributed by atoms with Crippen molar-refractivity contribution in [2.75, 3.05) is 29.4 Å². The number of nitrogens with one attached hydrogen (secondary N) is 1. The molecule has 0 radical (unpaired) electrons. The first-order valence-corrected chi connectivity index (χ1v) is 16.4. The number of benzene rings is 2. The number of primary amides is 1. The molecule has 0 spiro atoms. The number of nitrogens with two attached hydrogens (primary N) is 2. The van der Waals surface area contributed by atoms with Gasteiger partial charge >= 0.3 is 0 Å². The van der Waals surface area contributed by atoms with Gasteiger partial charge in [0, 0.05) is 48.4 Å². The Bertz CT molecular complexity index is 1620. The molecule has 2 unspecified atom stereocenters. The normalized spacial score (nSPS) is 21.6. The van der Waals surface area contributed by atoms with Crippen LogP contribution in [0.15, 0.2) is 66.9 Å². The number of pyridine rings is 1. The summed E-state index contributed by atoms with van der Waals surface area (Å²) in [5.74, 6) is 0.929. The summed E-state index contributed by atoms with van der Waals surface area (Å²) in [7, 11) is 0. The standard InChI is InChI=1S/C35H43N9O3.ClH/c1-22-20-43(21-23(2)47-22)32-16-13-29(19-38-32)26-7-3-24(4-8-26)17-31(33(37)45)44(35(46)28-9-5-25(18-36)6-10-28)30-14-11-27(12-15-30)34-39-41-42-40-34;/h3-4,7-8,11-16,19,22-23,25,28,31H,5-6,9-10,17-18,20-21,36H2,1-2H3,(H2,37,45)(H,39,40,41,42);1H/t22?,23?,25-,28-,31-;/m0./s1. The molecule has 4 aromatic rings. The van der Waals surface area contributed by atoms with Gasteiger partial charge in [-0.15, -0.1) is 22.6 Å². The second kappa shape index (κ2) is 15.7. The smallest absolute Gasteiger partial charge is 0.240 e. The molecule has 3 atom stereocenters. The highest BCUT2D eigenvalue weighted by Crippen LogP contribution is 2.33. The number of carbonyl (C=O) groups excluding carboxylic acids is 2. The Hall–Kier alpha value is -4.39. The van der Waals surface area contributed by atoms with Crippen LogP contribution in [0.1, 0.15) is 45.1 Å². The Morgan fingerprint density at radius 2 is 1.58 bits per heavy atom. The van der Waals surface area contributed by atoms with Crippen LogP contribution in [0.25, 0.3) is 22.5 Å². The summed E-state index contributed by atoms with van der Waals surface area (Å²) in [5, 5.41) is 14.2. The van der Waals surface area contributed by atoms with Crippen LogP contribution in [-0.2, 0) is 20.7 Å². The third kappa shape index (κ3) is 8.00. The lowest BCUT2D eigenvalue weighted by Crippen LogP contribution is -2.52. The molecule has 254 valence electrons. The quantitative estimate of drug-likeness (QED) is 0.224. The van der Waals surface area contributed by atoms with Gasteiger partial charge in [0.1, 0.15) is 11.9 Å². The van der Waals surface area contributed by atoms with Crippen molar-refractivity contribution in [3.8, 4) is 22.5 Å². The molecule has 1 saturated heterocycles. The number of anilines is 2. The molecule has 0 bridgehead atoms. The highest BCUT2D eigenvalue weighted by Gasteiger charge is 2.36. The average molecular weight is 674 g/mol. The SMILES string of the molecule is CC1CN(c2ccc(-c3ccc(C[C@@H](C(N)=O)N(c4ccc(-c5nn[nH]n5)cc4)C(=O)[C@H]4CC[C@H](CN)CC4)cc3)cn2)CC(C)O1.Cl. The van der Waals surface area contributed by atoms with Crippen molar-refractivity contribution in [1.29, 1.82) is 0 Å². The molecule has 6 rings (SSSR count). The summed E-state index contributed by atoms with van der Waals surface area (Å²) in [5.41, 5.74) is 16.2. The molecule has 2 amide bonds. The molecule has 5 N–H and O–H groups in total. The molecular formula is C35H44ClN9O3. The van der Waals surface area contributed by atoms with E-state index in [-0.39, 0.29) is 42.9 Å². The van der Waals surface area contributed by atoms with E-state index in [1.54, 1.807) is 4.90 Å². The van der Waals surface area contributed by atoms with Crippen LogP contribution < -0.4 is 21.3 Å². The maximum Gasteiger partial charge on any atom is 0.240 e. The Labute approximate surface area is 287 Å². The molecule has 2 aromatic carbocycles. The molecule has 3 heterocycles. The number of aromatic amines is 1. The van der Waals surface area contributed by atoms with Crippen molar-refractivity contribution in [2.24, 2.45) is 23.3 Å². The van der Waals surface area contributed by atoms with Crippen LogP contribution in [0.3, 0.4) is 0 Å². The van der Waals surface area contributed by atoms with Gasteiger partial charge in [-0.05, 0) is 105 Å². The predicted molar refractivity (Wildman–Crippen MR) is 187 cm³/mol. The van der Waals surface area contributed by atoms with Crippen LogP contribution in [0, 0.1) is 11.8 Å². The second-order valence-corrected chi connectivity index (χ2v) is 12.8. The van der Waals surface area contributed by atoms with E-state index < -0.39 is 11.9 Å². The van der Waals surface area contributed by atoms with E-state index in [9.17, 15) is 9.59 Å². The molecule has 2 fully saturated rings. The summed E-state index contributed by atoms with van der Waals surface area (Å²) in [6, 6.07) is 18.5. The maximum atomic E-state index is 14.2. The largest absolute Gasteiger partial charge is 0.372 e. The van der Waals surface area contributed by atoms with Gasteiger partial charge in [-0.3, -0.25) is 14.5 Å². The van der Waals surface area contributed by atoms with Crippen molar-refractivity contribution in [3.05, 3.63) is 72.4 Å². The zero-order valence-corrected chi connectivity index (χ0v) is 28.2. The van der Waals surface area contributed by atoms with E-state index in [1.807, 2.05) is 60.8 Å². The van der Waals surface area contributed by atoms with Gasteiger partial charge in [-0.1, -0.05) is 24.3 Å². The van der Waals surface area contributed by atoms with Crippen LogP contribution in [0.5, 0.6) is 0 Å². The van der Waals surface area contributed by atoms with Crippen LogP contribution in [0.2, 0.25) is 0 Å². The van der Waals surface area contributed by atoms with E-state index in [4.69, 9.17) is 21.2 Å². The molecule has 1 saturated carbocycles. The molecule has 12 nitrogen and oxygen atoms in total. The lowest BCUT2D eigenvalue weighted by Gasteiger charge is -2.36. The lowest BCUT2D eigenvalue weighted by molar-refractivity contribution is -0.127. The van der Waals surface area contributed by atoms with Crippen molar-refractivity contribution >= 4 is 35.7 Å². The van der Waals surface area contributed by atoms with E-state index >= 15 is 0 Å². The molecular weight excluding hydrogens is 630 g/mol. The van der Waals surface area contributed by atoms with Gasteiger partial charge in [0.25, 0.3) is 0 Å². The van der Waals surface area contributed by atoms with Gasteiger partial charge < -0.3 is 21.1 Å². The minimum Gasteiger partial charge on any atom is -0.372 e. The third-order valence-electron chi connectivity index (χ3n) is 9.36. The minimum absolute atomic E-state index is 0. The molecule has 1 aliphatic heterocycles. The first-order chi connectivity index (χ1) is 22.8. The zero-order chi connectivity index (χ0) is 32.9. The number of hydrogen-bond acceptors (Lipinski definition) is 9. The fourth-order valence-electron chi connectivity index (χ4n) is 6.84. The molecule has 1 aliphatic carbocycles. The number of amides is 2. The summed E-state index contributed by atoms with van der Waals surface area (Å²) in [6.45, 7) is 6.40. The number of nitrogens with zero attached hydrogens (tertiary/aromatic N) is 6. The average Bonchev–Trinajstić information content (AvgIpc) is 3.63. The predicted octanol–water partition coefficient (Wildman–Crippen LogP) is 4.16. The monoisotopic (exact) mass is 673 g/mol. The highest BCUT2D eigenvalue weighted by molar-refractivity contribution is 6.01. The van der Waals surface area contributed by atoms with Crippen molar-refractivity contribution < 1.29 is 14.3 Å². The number of ether oxygens (including phenoxy) is 1. The number of rotatable bonds is 10. The number of hydrogen-bond donors (Lipinski definition) is 3. The Morgan fingerprint density at radius 1 is 0.938 bits per heavy atom. The van der Waals surface area contributed by atoms with E-state index in [0.29, 0.717) is 24.0 Å². The lowest BCUT2D eigenvalue weighted by atomic mass is 9.81. The van der Waals surface area contributed by atoms with Crippen LogP contribution in [-0.4, -0.2) is 75.3 Å². The summed E-state index contributed by atoms with van der Waals surface area (Å²) >= 11 is 0. The molecule has 2 aromatic heterocycles. The molecule has 2 aliphatic rings. The van der Waals surface area contributed by atoms with Crippen molar-refractivity contribution in [1.82, 2.24) is 25.6 Å². The van der Waals surface area contributed by atoms with Gasteiger partial charge in [-0.2, -0.15) is 5.21 Å². The topological polar surface area (TPSA) is 169 Å². The Balaban J connectivity index is 0.00000451. The summed E-state index contributed by atoms with van der Waals surface area (Å²) < 4.78 is 5.86. The third-order valence-corrected chi connectivity index (χ3v) is 9.36. The number of carbonyl (C=O) groups is 2.